The van der Waals surface area contributed by atoms with Crippen LogP contribution in [0.3, 0.4) is 0 Å². The summed E-state index contributed by atoms with van der Waals surface area (Å²) in [6.07, 6.45) is 1.98. The Balaban J connectivity index is 1.30. The third-order valence-electron chi connectivity index (χ3n) is 6.78. The van der Waals surface area contributed by atoms with E-state index in [1.165, 1.54) is 16.0 Å². The summed E-state index contributed by atoms with van der Waals surface area (Å²) in [5.41, 5.74) is 3.57. The zero-order valence-corrected chi connectivity index (χ0v) is 21.6. The second-order valence-corrected chi connectivity index (χ2v) is 10.8. The standard InChI is InChI=1S/C29H34N4O2S/c1-2-14-32(18-23(34)16-21-9-5-3-6-10-21)20-26-30-28(35)27-24-13-15-33(17-22-11-7-4-8-12-22)19-25(24)36-29(27)31-26/h3-12,23,34H,2,13-20H2,1H3,(H,30,31,35). The predicted octanol–water partition coefficient (Wildman–Crippen LogP) is 4.36. The van der Waals surface area contributed by atoms with Gasteiger partial charge in [0.1, 0.15) is 10.7 Å². The fraction of sp³-hybridized carbons (Fsp3) is 0.379. The second kappa shape index (κ2) is 11.5. The average Bonchev–Trinajstić information content (AvgIpc) is 3.23. The minimum Gasteiger partial charge on any atom is -0.391 e. The average molecular weight is 503 g/mol. The van der Waals surface area contributed by atoms with Crippen molar-refractivity contribution in [2.24, 2.45) is 0 Å². The molecular weight excluding hydrogens is 468 g/mol. The van der Waals surface area contributed by atoms with E-state index in [0.29, 0.717) is 25.3 Å². The molecule has 2 aromatic heterocycles. The zero-order chi connectivity index (χ0) is 24.9. The molecule has 3 heterocycles. The van der Waals surface area contributed by atoms with Gasteiger partial charge in [-0.3, -0.25) is 14.6 Å². The van der Waals surface area contributed by atoms with Gasteiger partial charge < -0.3 is 10.1 Å². The number of rotatable bonds is 10. The maximum Gasteiger partial charge on any atom is 0.259 e. The van der Waals surface area contributed by atoms with Crippen molar-refractivity contribution >= 4 is 21.6 Å². The summed E-state index contributed by atoms with van der Waals surface area (Å²) in [6.45, 7) is 6.74. The van der Waals surface area contributed by atoms with Gasteiger partial charge >= 0.3 is 0 Å². The summed E-state index contributed by atoms with van der Waals surface area (Å²) in [5.74, 6) is 0.674. The van der Waals surface area contributed by atoms with Crippen LogP contribution in [0.5, 0.6) is 0 Å². The van der Waals surface area contributed by atoms with E-state index >= 15 is 0 Å². The van der Waals surface area contributed by atoms with Crippen LogP contribution in [0.15, 0.2) is 65.5 Å². The Morgan fingerprint density at radius 3 is 2.56 bits per heavy atom. The van der Waals surface area contributed by atoms with E-state index in [-0.39, 0.29) is 5.56 Å². The molecule has 0 saturated heterocycles. The van der Waals surface area contributed by atoms with Crippen LogP contribution in [0.25, 0.3) is 10.2 Å². The summed E-state index contributed by atoms with van der Waals surface area (Å²) in [7, 11) is 0. The van der Waals surface area contributed by atoms with E-state index in [1.54, 1.807) is 11.3 Å². The maximum atomic E-state index is 13.1. The Kier molecular flexibility index (Phi) is 7.92. The number of aromatic nitrogens is 2. The van der Waals surface area contributed by atoms with Crippen LogP contribution in [0.4, 0.5) is 0 Å². The number of aliphatic hydroxyl groups excluding tert-OH is 1. The number of aromatic amines is 1. The van der Waals surface area contributed by atoms with Crippen LogP contribution in [0, 0.1) is 0 Å². The van der Waals surface area contributed by atoms with Crippen LogP contribution in [-0.2, 0) is 32.5 Å². The number of hydrogen-bond acceptors (Lipinski definition) is 6. The minimum atomic E-state index is -0.473. The van der Waals surface area contributed by atoms with Crippen LogP contribution in [0.2, 0.25) is 0 Å². The SMILES string of the molecule is CCCN(Cc1nc2sc3c(c2c(=O)[nH]1)CCN(Cc1ccccc1)C3)CC(O)Cc1ccccc1. The Morgan fingerprint density at radius 1 is 1.11 bits per heavy atom. The molecule has 0 spiro atoms. The number of fused-ring (bicyclic) bond motifs is 3. The molecule has 1 unspecified atom stereocenters. The van der Waals surface area contributed by atoms with E-state index in [0.717, 1.165) is 54.8 Å². The number of H-pyrrole nitrogens is 1. The first-order valence-corrected chi connectivity index (χ1v) is 13.6. The van der Waals surface area contributed by atoms with Gasteiger partial charge in [-0.15, -0.1) is 11.3 Å². The first kappa shape index (κ1) is 24.8. The lowest BCUT2D eigenvalue weighted by Crippen LogP contribution is -2.35. The molecular formula is C29H34N4O2S. The molecule has 5 rings (SSSR count). The Hall–Kier alpha value is -2.84. The molecule has 0 radical (unpaired) electrons. The van der Waals surface area contributed by atoms with Gasteiger partial charge in [-0.1, -0.05) is 67.6 Å². The Bertz CT molecular complexity index is 1340. The van der Waals surface area contributed by atoms with Crippen LogP contribution < -0.4 is 5.56 Å². The Morgan fingerprint density at radius 2 is 1.83 bits per heavy atom. The lowest BCUT2D eigenvalue weighted by atomic mass is 10.0. The number of nitrogens with zero attached hydrogens (tertiary/aromatic N) is 3. The first-order chi connectivity index (χ1) is 17.6. The van der Waals surface area contributed by atoms with Crippen molar-refractivity contribution in [2.75, 3.05) is 19.6 Å². The third-order valence-corrected chi connectivity index (χ3v) is 7.89. The lowest BCUT2D eigenvalue weighted by Gasteiger charge is -2.26. The number of nitrogens with one attached hydrogen (secondary N) is 1. The zero-order valence-electron chi connectivity index (χ0n) is 20.8. The quantitative estimate of drug-likeness (QED) is 0.337. The van der Waals surface area contributed by atoms with Crippen molar-refractivity contribution in [3.05, 3.63) is 98.4 Å². The number of aliphatic hydroxyl groups is 1. The molecule has 7 heteroatoms. The van der Waals surface area contributed by atoms with Gasteiger partial charge in [0.2, 0.25) is 0 Å². The highest BCUT2D eigenvalue weighted by molar-refractivity contribution is 7.18. The molecule has 36 heavy (non-hydrogen) atoms. The van der Waals surface area contributed by atoms with Gasteiger partial charge in [-0.2, -0.15) is 0 Å². The second-order valence-electron chi connectivity index (χ2n) is 9.72. The summed E-state index contributed by atoms with van der Waals surface area (Å²) in [4.78, 5) is 27.8. The van der Waals surface area contributed by atoms with Gasteiger partial charge in [0.15, 0.2) is 0 Å². The highest BCUT2D eigenvalue weighted by Crippen LogP contribution is 2.33. The van der Waals surface area contributed by atoms with Crippen LogP contribution in [0.1, 0.15) is 40.7 Å². The summed E-state index contributed by atoms with van der Waals surface area (Å²) in [6, 6.07) is 20.6. The minimum absolute atomic E-state index is 0.0368. The molecule has 0 amide bonds. The van der Waals surface area contributed by atoms with E-state index in [4.69, 9.17) is 4.98 Å². The Labute approximate surface area is 216 Å². The molecule has 2 aromatic carbocycles. The fourth-order valence-electron chi connectivity index (χ4n) is 5.16. The van der Waals surface area contributed by atoms with E-state index in [1.807, 2.05) is 36.4 Å². The highest BCUT2D eigenvalue weighted by Gasteiger charge is 2.24. The van der Waals surface area contributed by atoms with E-state index in [2.05, 4.69) is 46.0 Å². The van der Waals surface area contributed by atoms with Gasteiger partial charge in [0.05, 0.1) is 18.0 Å². The highest BCUT2D eigenvalue weighted by atomic mass is 32.1. The van der Waals surface area contributed by atoms with Crippen molar-refractivity contribution in [3.63, 3.8) is 0 Å². The maximum absolute atomic E-state index is 13.1. The summed E-state index contributed by atoms with van der Waals surface area (Å²) in [5, 5.41) is 11.5. The summed E-state index contributed by atoms with van der Waals surface area (Å²) < 4.78 is 0. The van der Waals surface area contributed by atoms with Crippen molar-refractivity contribution in [3.8, 4) is 0 Å². The molecule has 0 fully saturated rings. The van der Waals surface area contributed by atoms with Gasteiger partial charge in [0.25, 0.3) is 5.56 Å². The molecule has 188 valence electrons. The van der Waals surface area contributed by atoms with Crippen molar-refractivity contribution in [2.45, 2.75) is 51.9 Å². The molecule has 1 atom stereocenters. The predicted molar refractivity (Wildman–Crippen MR) is 146 cm³/mol. The van der Waals surface area contributed by atoms with Gasteiger partial charge in [0, 0.05) is 31.1 Å². The largest absolute Gasteiger partial charge is 0.391 e. The molecule has 4 aromatic rings. The monoisotopic (exact) mass is 502 g/mol. The molecule has 1 aliphatic rings. The van der Waals surface area contributed by atoms with Crippen LogP contribution in [-0.4, -0.2) is 50.6 Å². The van der Waals surface area contributed by atoms with Crippen LogP contribution >= 0.6 is 11.3 Å². The smallest absolute Gasteiger partial charge is 0.259 e. The van der Waals surface area contributed by atoms with Crippen molar-refractivity contribution in [1.29, 1.82) is 0 Å². The van der Waals surface area contributed by atoms with Gasteiger partial charge in [-0.05, 0) is 42.5 Å². The number of hydrogen-bond donors (Lipinski definition) is 2. The molecule has 0 saturated carbocycles. The molecule has 6 nitrogen and oxygen atoms in total. The number of benzene rings is 2. The fourth-order valence-corrected chi connectivity index (χ4v) is 6.44. The first-order valence-electron chi connectivity index (χ1n) is 12.8. The molecule has 1 aliphatic heterocycles. The lowest BCUT2D eigenvalue weighted by molar-refractivity contribution is 0.107. The third kappa shape index (κ3) is 5.93. The normalized spacial score (nSPS) is 14.9. The van der Waals surface area contributed by atoms with E-state index < -0.39 is 6.10 Å². The topological polar surface area (TPSA) is 72.5 Å². The molecule has 0 aliphatic carbocycles. The van der Waals surface area contributed by atoms with Crippen molar-refractivity contribution in [1.82, 2.24) is 19.8 Å². The molecule has 0 bridgehead atoms. The molecule has 2 N–H and O–H groups in total. The van der Waals surface area contributed by atoms with Crippen molar-refractivity contribution < 1.29 is 5.11 Å². The van der Waals surface area contributed by atoms with E-state index in [9.17, 15) is 9.90 Å². The number of thiophene rings is 1. The summed E-state index contributed by atoms with van der Waals surface area (Å²) >= 11 is 1.66. The van der Waals surface area contributed by atoms with Gasteiger partial charge in [-0.25, -0.2) is 4.98 Å².